The molecule has 0 unspecified atom stereocenters. The Labute approximate surface area is 114 Å². The van der Waals surface area contributed by atoms with E-state index in [1.807, 2.05) is 13.8 Å². The summed E-state index contributed by atoms with van der Waals surface area (Å²) >= 11 is 0. The van der Waals surface area contributed by atoms with Gasteiger partial charge in [0.15, 0.2) is 0 Å². The van der Waals surface area contributed by atoms with Crippen molar-refractivity contribution in [2.45, 2.75) is 39.2 Å². The molecule has 106 valence electrons. The highest BCUT2D eigenvalue weighted by Crippen LogP contribution is 2.41. The highest BCUT2D eigenvalue weighted by atomic mass is 16.5. The molecule has 2 aliphatic rings. The second-order valence-corrected chi connectivity index (χ2v) is 6.63. The minimum absolute atomic E-state index is 0.149. The summed E-state index contributed by atoms with van der Waals surface area (Å²) in [4.78, 5) is 14.3. The van der Waals surface area contributed by atoms with E-state index in [2.05, 4.69) is 6.07 Å². The van der Waals surface area contributed by atoms with Gasteiger partial charge in [-0.25, -0.2) is 0 Å². The minimum Gasteiger partial charge on any atom is -0.388 e. The number of aliphatic hydroxyl groups is 1. The maximum atomic E-state index is 12.7. The average Bonchev–Trinajstić information content (AvgIpc) is 2.58. The molecule has 1 N–H and O–H groups in total. The summed E-state index contributed by atoms with van der Waals surface area (Å²) < 4.78 is 5.25. The zero-order valence-corrected chi connectivity index (χ0v) is 11.9. The maximum Gasteiger partial charge on any atom is 0.243 e. The third kappa shape index (κ3) is 2.24. The first-order chi connectivity index (χ1) is 8.74. The molecule has 0 bridgehead atoms. The number of rotatable bonds is 1. The van der Waals surface area contributed by atoms with Crippen LogP contribution in [0.3, 0.4) is 0 Å². The van der Waals surface area contributed by atoms with Crippen LogP contribution in [0.25, 0.3) is 0 Å². The number of nitrogens with zero attached hydrogens (tertiary/aromatic N) is 2. The van der Waals surface area contributed by atoms with Crippen molar-refractivity contribution in [1.82, 2.24) is 4.90 Å². The van der Waals surface area contributed by atoms with Gasteiger partial charge >= 0.3 is 0 Å². The lowest BCUT2D eigenvalue weighted by molar-refractivity contribution is -0.143. The molecule has 0 aromatic carbocycles. The fourth-order valence-electron chi connectivity index (χ4n) is 2.83. The summed E-state index contributed by atoms with van der Waals surface area (Å²) in [7, 11) is 0. The fourth-order valence-corrected chi connectivity index (χ4v) is 2.83. The van der Waals surface area contributed by atoms with E-state index >= 15 is 0 Å². The molecule has 1 amide bonds. The Hall–Kier alpha value is -1.12. The zero-order chi connectivity index (χ0) is 14.3. The Bertz CT molecular complexity index is 401. The first-order valence-corrected chi connectivity index (χ1v) is 6.75. The molecule has 0 aliphatic carbocycles. The van der Waals surface area contributed by atoms with Crippen LogP contribution in [-0.4, -0.2) is 47.8 Å². The molecule has 2 heterocycles. The van der Waals surface area contributed by atoms with Crippen LogP contribution in [0.1, 0.15) is 33.6 Å². The molecule has 0 aromatic rings. The van der Waals surface area contributed by atoms with Crippen molar-refractivity contribution >= 4 is 5.91 Å². The molecule has 5 heteroatoms. The van der Waals surface area contributed by atoms with E-state index in [-0.39, 0.29) is 11.3 Å². The Morgan fingerprint density at radius 1 is 1.26 bits per heavy atom. The number of nitriles is 1. The lowest BCUT2D eigenvalue weighted by atomic mass is 9.79. The fraction of sp³-hybridized carbons (Fsp3) is 0.857. The molecule has 2 rings (SSSR count). The van der Waals surface area contributed by atoms with Crippen LogP contribution in [-0.2, 0) is 9.53 Å². The van der Waals surface area contributed by atoms with Crippen molar-refractivity contribution in [2.24, 2.45) is 10.8 Å². The minimum atomic E-state index is -0.964. The van der Waals surface area contributed by atoms with Crippen LogP contribution in [0.5, 0.6) is 0 Å². The quantitative estimate of drug-likeness (QED) is 0.766. The highest BCUT2D eigenvalue weighted by Gasteiger charge is 2.53. The topological polar surface area (TPSA) is 73.6 Å². The number of likely N-dealkylation sites (tertiary alicyclic amines) is 1. The highest BCUT2D eigenvalue weighted by molar-refractivity contribution is 5.86. The molecule has 2 aliphatic heterocycles. The SMILES string of the molecule is CC1(C)CN(C(=O)C2(C#N)CCOCC2)C[C@@]1(C)O. The monoisotopic (exact) mass is 266 g/mol. The van der Waals surface area contributed by atoms with E-state index in [1.165, 1.54) is 0 Å². The molecule has 0 saturated carbocycles. The summed E-state index contributed by atoms with van der Waals surface area (Å²) in [6.45, 7) is 7.34. The average molecular weight is 266 g/mol. The van der Waals surface area contributed by atoms with E-state index in [0.717, 1.165) is 0 Å². The molecule has 2 saturated heterocycles. The standard InChI is InChI=1S/C14H22N2O3/c1-12(2)9-16(10-13(12,3)18)11(17)14(8-15)4-6-19-7-5-14/h18H,4-7,9-10H2,1-3H3/t13-/m1/s1. The number of carbonyl (C=O) groups is 1. The van der Waals surface area contributed by atoms with Gasteiger partial charge in [-0.3, -0.25) is 4.79 Å². The van der Waals surface area contributed by atoms with E-state index in [0.29, 0.717) is 39.1 Å². The summed E-state index contributed by atoms with van der Waals surface area (Å²) in [5, 5.41) is 19.8. The van der Waals surface area contributed by atoms with E-state index in [9.17, 15) is 15.2 Å². The zero-order valence-electron chi connectivity index (χ0n) is 11.9. The lowest BCUT2D eigenvalue weighted by Gasteiger charge is -2.33. The Morgan fingerprint density at radius 3 is 2.26 bits per heavy atom. The Kier molecular flexibility index (Phi) is 3.36. The number of carbonyl (C=O) groups excluding carboxylic acids is 1. The van der Waals surface area contributed by atoms with Crippen molar-refractivity contribution in [3.05, 3.63) is 0 Å². The number of hydrogen-bond donors (Lipinski definition) is 1. The number of ether oxygens (including phenoxy) is 1. The molecule has 5 nitrogen and oxygen atoms in total. The molecular weight excluding hydrogens is 244 g/mol. The molecule has 1 atom stereocenters. The van der Waals surface area contributed by atoms with Crippen LogP contribution in [0.2, 0.25) is 0 Å². The van der Waals surface area contributed by atoms with Crippen LogP contribution in [0.4, 0.5) is 0 Å². The summed E-state index contributed by atoms with van der Waals surface area (Å²) in [6, 6.07) is 2.20. The predicted molar refractivity (Wildman–Crippen MR) is 69.1 cm³/mol. The van der Waals surface area contributed by atoms with Crippen molar-refractivity contribution in [3.63, 3.8) is 0 Å². The van der Waals surface area contributed by atoms with Crippen LogP contribution < -0.4 is 0 Å². The molecule has 0 aromatic heterocycles. The van der Waals surface area contributed by atoms with Gasteiger partial charge < -0.3 is 14.7 Å². The summed E-state index contributed by atoms with van der Waals surface area (Å²) in [5.74, 6) is -0.149. The van der Waals surface area contributed by atoms with Crippen LogP contribution in [0.15, 0.2) is 0 Å². The van der Waals surface area contributed by atoms with Gasteiger partial charge in [-0.05, 0) is 19.8 Å². The Balaban J connectivity index is 2.19. The molecule has 2 fully saturated rings. The van der Waals surface area contributed by atoms with Gasteiger partial charge in [-0.15, -0.1) is 0 Å². The smallest absolute Gasteiger partial charge is 0.243 e. The number of β-amino-alcohol motifs (C(OH)–C–C–N with tert-alkyl or cyclic N) is 1. The Morgan fingerprint density at radius 2 is 1.84 bits per heavy atom. The summed E-state index contributed by atoms with van der Waals surface area (Å²) in [6.07, 6.45) is 0.892. The van der Waals surface area contributed by atoms with Crippen molar-refractivity contribution in [3.8, 4) is 6.07 Å². The number of hydrogen-bond acceptors (Lipinski definition) is 4. The first kappa shape index (κ1) is 14.3. The molecular formula is C14H22N2O3. The van der Waals surface area contributed by atoms with Gasteiger partial charge in [0.2, 0.25) is 5.91 Å². The van der Waals surface area contributed by atoms with Gasteiger partial charge in [0.05, 0.1) is 11.7 Å². The second-order valence-electron chi connectivity index (χ2n) is 6.63. The molecule has 19 heavy (non-hydrogen) atoms. The second kappa shape index (κ2) is 4.46. The first-order valence-electron chi connectivity index (χ1n) is 6.75. The van der Waals surface area contributed by atoms with Gasteiger partial charge in [0.25, 0.3) is 0 Å². The third-order valence-corrected chi connectivity index (χ3v) is 4.80. The van der Waals surface area contributed by atoms with Crippen LogP contribution >= 0.6 is 0 Å². The van der Waals surface area contributed by atoms with Gasteiger partial charge in [-0.1, -0.05) is 13.8 Å². The van der Waals surface area contributed by atoms with E-state index in [4.69, 9.17) is 4.74 Å². The van der Waals surface area contributed by atoms with E-state index in [1.54, 1.807) is 11.8 Å². The van der Waals surface area contributed by atoms with Gasteiger partial charge in [0, 0.05) is 31.7 Å². The predicted octanol–water partition coefficient (Wildman–Crippen LogP) is 0.926. The van der Waals surface area contributed by atoms with Gasteiger partial charge in [-0.2, -0.15) is 5.26 Å². The van der Waals surface area contributed by atoms with Crippen molar-refractivity contribution in [1.29, 1.82) is 5.26 Å². The normalized spacial score (nSPS) is 32.9. The summed E-state index contributed by atoms with van der Waals surface area (Å²) in [5.41, 5.74) is -2.23. The van der Waals surface area contributed by atoms with Gasteiger partial charge in [0.1, 0.15) is 5.41 Å². The maximum absolute atomic E-state index is 12.7. The third-order valence-electron chi connectivity index (χ3n) is 4.80. The lowest BCUT2D eigenvalue weighted by Crippen LogP contribution is -2.46. The van der Waals surface area contributed by atoms with Crippen molar-refractivity contribution < 1.29 is 14.6 Å². The number of amides is 1. The van der Waals surface area contributed by atoms with E-state index < -0.39 is 11.0 Å². The van der Waals surface area contributed by atoms with Crippen molar-refractivity contribution in [2.75, 3.05) is 26.3 Å². The largest absolute Gasteiger partial charge is 0.388 e. The molecule has 0 radical (unpaired) electrons. The molecule has 0 spiro atoms. The van der Waals surface area contributed by atoms with Crippen LogP contribution in [0, 0.1) is 22.2 Å².